The number of benzene rings is 1. The van der Waals surface area contributed by atoms with Crippen molar-refractivity contribution in [2.24, 2.45) is 7.05 Å². The van der Waals surface area contributed by atoms with Crippen LogP contribution in [-0.2, 0) is 11.8 Å². The van der Waals surface area contributed by atoms with Gasteiger partial charge in [-0.15, -0.1) is 0 Å². The Labute approximate surface area is 148 Å². The average molecular weight is 336 g/mol. The lowest BCUT2D eigenvalue weighted by molar-refractivity contribution is -0.129. The molecule has 0 bridgehead atoms. The maximum atomic E-state index is 12.6. The van der Waals surface area contributed by atoms with Gasteiger partial charge >= 0.3 is 0 Å². The number of hydrogen-bond donors (Lipinski definition) is 1. The van der Waals surface area contributed by atoms with E-state index in [1.807, 2.05) is 42.2 Å². The lowest BCUT2D eigenvalue weighted by Crippen LogP contribution is -2.38. The van der Waals surface area contributed by atoms with E-state index in [-0.39, 0.29) is 18.0 Å². The van der Waals surface area contributed by atoms with Crippen LogP contribution in [0.5, 0.6) is 0 Å². The minimum atomic E-state index is 0.0811. The molecule has 2 aliphatic rings. The number of carbonyl (C=O) groups is 1. The van der Waals surface area contributed by atoms with Gasteiger partial charge in [-0.2, -0.15) is 5.10 Å². The summed E-state index contributed by atoms with van der Waals surface area (Å²) in [6, 6.07) is 12.9. The third-order valence-electron chi connectivity index (χ3n) is 5.07. The molecule has 0 radical (unpaired) electrons. The Kier molecular flexibility index (Phi) is 4.40. The van der Waals surface area contributed by atoms with Gasteiger partial charge in [-0.1, -0.05) is 42.5 Å². The molecule has 5 heteroatoms. The van der Waals surface area contributed by atoms with Gasteiger partial charge < -0.3 is 10.2 Å². The second-order valence-electron chi connectivity index (χ2n) is 6.89. The fourth-order valence-corrected chi connectivity index (χ4v) is 3.72. The standard InChI is InChI=1S/C20H24N4O/c1-23-18(11-13-22-23)20-17(14-19(25)24(20)16-9-10-16)21-12-5-8-15-6-3-2-4-7-15/h2-8,11,13,16-17,20-21H,9-10,12,14H2,1H3/t17-,20-/m1/s1. The molecule has 2 aromatic rings. The van der Waals surface area contributed by atoms with Crippen LogP contribution in [0.15, 0.2) is 48.7 Å². The molecular formula is C20H24N4O. The quantitative estimate of drug-likeness (QED) is 0.882. The van der Waals surface area contributed by atoms with Gasteiger partial charge in [0.05, 0.1) is 11.7 Å². The van der Waals surface area contributed by atoms with Crippen molar-refractivity contribution < 1.29 is 4.79 Å². The molecule has 1 aliphatic heterocycles. The van der Waals surface area contributed by atoms with E-state index < -0.39 is 0 Å². The van der Waals surface area contributed by atoms with Crippen LogP contribution in [0.2, 0.25) is 0 Å². The molecule has 1 saturated heterocycles. The van der Waals surface area contributed by atoms with Crippen LogP contribution in [-0.4, -0.2) is 39.2 Å². The molecule has 1 N–H and O–H groups in total. The zero-order chi connectivity index (χ0) is 17.2. The van der Waals surface area contributed by atoms with E-state index in [9.17, 15) is 4.79 Å². The third kappa shape index (κ3) is 3.37. The summed E-state index contributed by atoms with van der Waals surface area (Å²) in [5.74, 6) is 0.262. The minimum absolute atomic E-state index is 0.0811. The Morgan fingerprint density at radius 3 is 2.72 bits per heavy atom. The number of aryl methyl sites for hydroxylation is 1. The Hall–Kier alpha value is -2.40. The summed E-state index contributed by atoms with van der Waals surface area (Å²) in [6.45, 7) is 0.750. The van der Waals surface area contributed by atoms with Crippen molar-refractivity contribution in [3.05, 3.63) is 59.9 Å². The van der Waals surface area contributed by atoms with Crippen LogP contribution < -0.4 is 5.32 Å². The molecule has 2 fully saturated rings. The van der Waals surface area contributed by atoms with Crippen LogP contribution in [0.1, 0.15) is 36.6 Å². The smallest absolute Gasteiger partial charge is 0.225 e. The Morgan fingerprint density at radius 1 is 1.24 bits per heavy atom. The highest BCUT2D eigenvalue weighted by atomic mass is 16.2. The van der Waals surface area contributed by atoms with E-state index in [4.69, 9.17) is 0 Å². The largest absolute Gasteiger partial charge is 0.329 e. The molecule has 130 valence electrons. The molecule has 1 amide bonds. The van der Waals surface area contributed by atoms with Crippen molar-refractivity contribution in [3.63, 3.8) is 0 Å². The van der Waals surface area contributed by atoms with Gasteiger partial charge in [0.25, 0.3) is 0 Å². The SMILES string of the molecule is Cn1nccc1[C@H]1[C@H](NCC=Cc2ccccc2)CC(=O)N1C1CC1. The van der Waals surface area contributed by atoms with Crippen molar-refractivity contribution in [2.75, 3.05) is 6.54 Å². The first-order valence-electron chi connectivity index (χ1n) is 8.98. The summed E-state index contributed by atoms with van der Waals surface area (Å²) in [7, 11) is 1.95. The normalized spacial score (nSPS) is 23.7. The molecule has 2 heterocycles. The number of hydrogen-bond acceptors (Lipinski definition) is 3. The van der Waals surface area contributed by atoms with Gasteiger partial charge in [0.2, 0.25) is 5.91 Å². The molecule has 1 aromatic heterocycles. The fourth-order valence-electron chi connectivity index (χ4n) is 3.72. The molecule has 2 atom stereocenters. The molecule has 0 spiro atoms. The molecule has 25 heavy (non-hydrogen) atoms. The van der Waals surface area contributed by atoms with Gasteiger partial charge in [-0.3, -0.25) is 9.48 Å². The first-order chi connectivity index (χ1) is 12.2. The maximum absolute atomic E-state index is 12.6. The first-order valence-corrected chi connectivity index (χ1v) is 8.98. The summed E-state index contributed by atoms with van der Waals surface area (Å²) in [5.41, 5.74) is 2.30. The van der Waals surface area contributed by atoms with E-state index >= 15 is 0 Å². The van der Waals surface area contributed by atoms with Gasteiger partial charge in [0.1, 0.15) is 0 Å². The zero-order valence-electron chi connectivity index (χ0n) is 14.5. The summed E-state index contributed by atoms with van der Waals surface area (Å²) < 4.78 is 1.90. The van der Waals surface area contributed by atoms with Crippen LogP contribution >= 0.6 is 0 Å². The Morgan fingerprint density at radius 2 is 2.04 bits per heavy atom. The highest BCUT2D eigenvalue weighted by molar-refractivity contribution is 5.81. The number of likely N-dealkylation sites (tertiary alicyclic amines) is 1. The summed E-state index contributed by atoms with van der Waals surface area (Å²) in [6.07, 6.45) is 8.87. The lowest BCUT2D eigenvalue weighted by atomic mass is 10.1. The van der Waals surface area contributed by atoms with Crippen LogP contribution in [0.25, 0.3) is 6.08 Å². The van der Waals surface area contributed by atoms with Crippen molar-refractivity contribution in [1.29, 1.82) is 0 Å². The summed E-state index contributed by atoms with van der Waals surface area (Å²) in [5, 5.41) is 7.88. The molecule has 4 rings (SSSR count). The Balaban J connectivity index is 1.47. The topological polar surface area (TPSA) is 50.2 Å². The van der Waals surface area contributed by atoms with Crippen molar-refractivity contribution in [3.8, 4) is 0 Å². The van der Waals surface area contributed by atoms with Crippen molar-refractivity contribution in [1.82, 2.24) is 20.0 Å². The number of rotatable bonds is 6. The van der Waals surface area contributed by atoms with Crippen LogP contribution in [0, 0.1) is 0 Å². The van der Waals surface area contributed by atoms with Crippen molar-refractivity contribution in [2.45, 2.75) is 37.4 Å². The van der Waals surface area contributed by atoms with Gasteiger partial charge in [-0.05, 0) is 24.5 Å². The molecule has 0 unspecified atom stereocenters. The number of nitrogens with one attached hydrogen (secondary N) is 1. The second-order valence-corrected chi connectivity index (χ2v) is 6.89. The zero-order valence-corrected chi connectivity index (χ0v) is 14.5. The molecule has 1 aliphatic carbocycles. The maximum Gasteiger partial charge on any atom is 0.225 e. The summed E-state index contributed by atoms with van der Waals surface area (Å²) in [4.78, 5) is 14.7. The molecule has 5 nitrogen and oxygen atoms in total. The highest BCUT2D eigenvalue weighted by Crippen LogP contribution is 2.41. The average Bonchev–Trinajstić information content (AvgIpc) is 3.29. The van der Waals surface area contributed by atoms with Gasteiger partial charge in [0.15, 0.2) is 0 Å². The van der Waals surface area contributed by atoms with E-state index in [0.29, 0.717) is 12.5 Å². The third-order valence-corrected chi connectivity index (χ3v) is 5.07. The lowest BCUT2D eigenvalue weighted by Gasteiger charge is -2.28. The predicted octanol–water partition coefficient (Wildman–Crippen LogP) is 2.53. The highest BCUT2D eigenvalue weighted by Gasteiger charge is 2.47. The molecule has 1 aromatic carbocycles. The predicted molar refractivity (Wildman–Crippen MR) is 97.7 cm³/mol. The Bertz CT molecular complexity index is 763. The summed E-state index contributed by atoms with van der Waals surface area (Å²) >= 11 is 0. The molecule has 1 saturated carbocycles. The van der Waals surface area contributed by atoms with E-state index in [0.717, 1.165) is 25.1 Å². The van der Waals surface area contributed by atoms with Gasteiger partial charge in [0, 0.05) is 38.3 Å². The van der Waals surface area contributed by atoms with E-state index in [2.05, 4.69) is 39.6 Å². The number of amides is 1. The minimum Gasteiger partial charge on any atom is -0.329 e. The van der Waals surface area contributed by atoms with Crippen LogP contribution in [0.3, 0.4) is 0 Å². The number of nitrogens with zero attached hydrogens (tertiary/aromatic N) is 3. The monoisotopic (exact) mass is 336 g/mol. The number of aromatic nitrogens is 2. The first kappa shape index (κ1) is 16.1. The van der Waals surface area contributed by atoms with E-state index in [1.54, 1.807) is 0 Å². The fraction of sp³-hybridized carbons (Fsp3) is 0.400. The van der Waals surface area contributed by atoms with E-state index in [1.165, 1.54) is 5.56 Å². The van der Waals surface area contributed by atoms with Crippen molar-refractivity contribution >= 4 is 12.0 Å². The second kappa shape index (κ2) is 6.84. The number of carbonyl (C=O) groups excluding carboxylic acids is 1. The van der Waals surface area contributed by atoms with Gasteiger partial charge in [-0.25, -0.2) is 0 Å². The molecular weight excluding hydrogens is 312 g/mol. The van der Waals surface area contributed by atoms with Crippen LogP contribution in [0.4, 0.5) is 0 Å².